The Labute approximate surface area is 103 Å². The molecule has 0 spiro atoms. The van der Waals surface area contributed by atoms with Crippen LogP contribution < -0.4 is 5.32 Å². The van der Waals surface area contributed by atoms with Crippen LogP contribution in [0.2, 0.25) is 0 Å². The molecular formula is C11H24NO4P. The first kappa shape index (κ1) is 16.6. The molecule has 17 heavy (non-hydrogen) atoms. The summed E-state index contributed by atoms with van der Waals surface area (Å²) >= 11 is 0. The second kappa shape index (κ2) is 8.67. The van der Waals surface area contributed by atoms with E-state index in [1.54, 1.807) is 13.8 Å². The fourth-order valence-electron chi connectivity index (χ4n) is 1.19. The number of carbonyl (C=O) groups excluding carboxylic acids is 1. The lowest BCUT2D eigenvalue weighted by atomic mass is 10.2. The summed E-state index contributed by atoms with van der Waals surface area (Å²) in [5, 5.41) is 2.72. The summed E-state index contributed by atoms with van der Waals surface area (Å²) in [5.41, 5.74) is -0.345. The molecule has 0 aromatic heterocycles. The van der Waals surface area contributed by atoms with E-state index in [0.29, 0.717) is 13.2 Å². The second-order valence-electron chi connectivity index (χ2n) is 4.39. The molecule has 0 heterocycles. The van der Waals surface area contributed by atoms with Crippen molar-refractivity contribution in [3.63, 3.8) is 0 Å². The maximum absolute atomic E-state index is 11.4. The Kier molecular flexibility index (Phi) is 8.48. The minimum Gasteiger partial charge on any atom is -0.356 e. The third-order valence-electron chi connectivity index (χ3n) is 2.37. The van der Waals surface area contributed by atoms with Gasteiger partial charge in [0.2, 0.25) is 5.91 Å². The van der Waals surface area contributed by atoms with Crippen molar-refractivity contribution in [1.82, 2.24) is 5.32 Å². The van der Waals surface area contributed by atoms with Crippen molar-refractivity contribution >= 4 is 13.5 Å². The molecule has 6 heteroatoms. The lowest BCUT2D eigenvalue weighted by Gasteiger charge is -2.15. The highest BCUT2D eigenvalue weighted by molar-refractivity contribution is 7.53. The zero-order chi connectivity index (χ0) is 13.3. The fraction of sp³-hybridized carbons (Fsp3) is 0.909. The average Bonchev–Trinajstić information content (AvgIpc) is 2.21. The summed E-state index contributed by atoms with van der Waals surface area (Å²) in [4.78, 5) is 19.9. The molecule has 1 amide bonds. The Bertz CT molecular complexity index is 268. The van der Waals surface area contributed by atoms with Crippen LogP contribution in [-0.2, 0) is 13.9 Å². The van der Waals surface area contributed by atoms with E-state index in [2.05, 4.69) is 5.32 Å². The Morgan fingerprint density at radius 3 is 2.41 bits per heavy atom. The summed E-state index contributed by atoms with van der Waals surface area (Å²) in [6.45, 7) is 5.87. The van der Waals surface area contributed by atoms with Crippen LogP contribution in [0, 0.1) is 0 Å². The molecule has 0 saturated carbocycles. The monoisotopic (exact) mass is 265 g/mol. The summed E-state index contributed by atoms with van der Waals surface area (Å²) < 4.78 is 16.4. The first-order valence-corrected chi connectivity index (χ1v) is 7.72. The van der Waals surface area contributed by atoms with Crippen molar-refractivity contribution in [3.8, 4) is 0 Å². The maximum Gasteiger partial charge on any atom is 0.330 e. The van der Waals surface area contributed by atoms with Crippen molar-refractivity contribution < 1.29 is 18.8 Å². The van der Waals surface area contributed by atoms with E-state index >= 15 is 0 Å². The number of unbranched alkanes of at least 4 members (excludes halogenated alkanes) is 3. The van der Waals surface area contributed by atoms with E-state index in [4.69, 9.17) is 4.52 Å². The molecule has 0 rings (SSSR count). The van der Waals surface area contributed by atoms with Gasteiger partial charge in [-0.3, -0.25) is 9.36 Å². The predicted molar refractivity (Wildman–Crippen MR) is 68.1 cm³/mol. The van der Waals surface area contributed by atoms with Crippen LogP contribution in [0.5, 0.6) is 0 Å². The van der Waals surface area contributed by atoms with Gasteiger partial charge in [0.15, 0.2) is 0 Å². The van der Waals surface area contributed by atoms with Gasteiger partial charge in [0.05, 0.1) is 12.3 Å². The van der Waals surface area contributed by atoms with E-state index in [0.717, 1.165) is 25.7 Å². The molecule has 0 aliphatic rings. The number of hydrogen-bond acceptors (Lipinski definition) is 3. The van der Waals surface area contributed by atoms with Crippen molar-refractivity contribution in [1.29, 1.82) is 0 Å². The van der Waals surface area contributed by atoms with E-state index < -0.39 is 7.60 Å². The van der Waals surface area contributed by atoms with E-state index in [1.807, 2.05) is 0 Å². The summed E-state index contributed by atoms with van der Waals surface area (Å²) in [7, 11) is -3.40. The number of rotatable bonds is 9. The molecule has 1 atom stereocenters. The Hall–Kier alpha value is -0.380. The van der Waals surface area contributed by atoms with Crippen molar-refractivity contribution in [2.45, 2.75) is 52.1 Å². The molecule has 102 valence electrons. The lowest BCUT2D eigenvalue weighted by Crippen LogP contribution is -2.20. The quantitative estimate of drug-likeness (QED) is 0.495. The van der Waals surface area contributed by atoms with E-state index in [-0.39, 0.29) is 11.6 Å². The standard InChI is InChI=1S/C11H24NO4P/c1-10(2)17(14,15)16-9-7-5-4-6-8-12-11(3)13/h10H,4-9H2,1-3H3,(H,12,13)(H,14,15). The molecule has 0 saturated heterocycles. The Balaban J connectivity index is 3.36. The van der Waals surface area contributed by atoms with Gasteiger partial charge in [0.25, 0.3) is 0 Å². The van der Waals surface area contributed by atoms with Gasteiger partial charge in [-0.1, -0.05) is 26.7 Å². The van der Waals surface area contributed by atoms with Crippen LogP contribution in [0.3, 0.4) is 0 Å². The average molecular weight is 265 g/mol. The van der Waals surface area contributed by atoms with Crippen LogP contribution >= 0.6 is 7.60 Å². The van der Waals surface area contributed by atoms with Gasteiger partial charge < -0.3 is 14.7 Å². The Morgan fingerprint density at radius 2 is 1.88 bits per heavy atom. The van der Waals surface area contributed by atoms with Crippen molar-refractivity contribution in [2.24, 2.45) is 0 Å². The van der Waals surface area contributed by atoms with Gasteiger partial charge >= 0.3 is 7.60 Å². The molecule has 1 unspecified atom stereocenters. The molecule has 0 bridgehead atoms. The first-order chi connectivity index (χ1) is 7.86. The zero-order valence-corrected chi connectivity index (χ0v) is 11.8. The van der Waals surface area contributed by atoms with Crippen LogP contribution in [0.1, 0.15) is 46.5 Å². The van der Waals surface area contributed by atoms with Gasteiger partial charge in [-0.15, -0.1) is 0 Å². The molecular weight excluding hydrogens is 241 g/mol. The second-order valence-corrected chi connectivity index (χ2v) is 6.81. The lowest BCUT2D eigenvalue weighted by molar-refractivity contribution is -0.118. The largest absolute Gasteiger partial charge is 0.356 e. The highest BCUT2D eigenvalue weighted by Gasteiger charge is 2.23. The molecule has 0 aliphatic heterocycles. The Morgan fingerprint density at radius 1 is 1.29 bits per heavy atom. The fourth-order valence-corrected chi connectivity index (χ4v) is 1.88. The molecule has 2 N–H and O–H groups in total. The maximum atomic E-state index is 11.4. The minimum atomic E-state index is -3.40. The number of hydrogen-bond donors (Lipinski definition) is 2. The minimum absolute atomic E-state index is 0.00788. The molecule has 0 fully saturated rings. The zero-order valence-electron chi connectivity index (χ0n) is 10.9. The number of carbonyl (C=O) groups is 1. The number of amides is 1. The van der Waals surface area contributed by atoms with Gasteiger partial charge in [-0.25, -0.2) is 0 Å². The third kappa shape index (κ3) is 9.33. The highest BCUT2D eigenvalue weighted by atomic mass is 31.2. The molecule has 0 radical (unpaired) electrons. The van der Waals surface area contributed by atoms with Gasteiger partial charge in [-0.05, 0) is 12.8 Å². The van der Waals surface area contributed by atoms with Crippen LogP contribution in [-0.4, -0.2) is 29.6 Å². The highest BCUT2D eigenvalue weighted by Crippen LogP contribution is 2.46. The first-order valence-electron chi connectivity index (χ1n) is 6.07. The van der Waals surface area contributed by atoms with E-state index in [1.165, 1.54) is 6.92 Å². The number of nitrogens with one attached hydrogen (secondary N) is 1. The van der Waals surface area contributed by atoms with Crippen LogP contribution in [0.25, 0.3) is 0 Å². The smallest absolute Gasteiger partial charge is 0.330 e. The van der Waals surface area contributed by atoms with Crippen molar-refractivity contribution in [2.75, 3.05) is 13.2 Å². The SMILES string of the molecule is CC(=O)NCCCCCCOP(=O)(O)C(C)C. The summed E-state index contributed by atoms with van der Waals surface area (Å²) in [6.07, 6.45) is 3.64. The van der Waals surface area contributed by atoms with Gasteiger partial charge in [-0.2, -0.15) is 0 Å². The summed E-state index contributed by atoms with van der Waals surface area (Å²) in [5.74, 6) is -0.00788. The topological polar surface area (TPSA) is 75.6 Å². The van der Waals surface area contributed by atoms with Gasteiger partial charge in [0, 0.05) is 13.5 Å². The normalized spacial score (nSPS) is 14.6. The molecule has 0 aromatic carbocycles. The molecule has 5 nitrogen and oxygen atoms in total. The molecule has 0 aromatic rings. The summed E-state index contributed by atoms with van der Waals surface area (Å²) in [6, 6.07) is 0. The molecule has 0 aliphatic carbocycles. The van der Waals surface area contributed by atoms with Gasteiger partial charge in [0.1, 0.15) is 0 Å². The van der Waals surface area contributed by atoms with Crippen LogP contribution in [0.4, 0.5) is 0 Å². The van der Waals surface area contributed by atoms with E-state index in [9.17, 15) is 14.3 Å². The van der Waals surface area contributed by atoms with Crippen LogP contribution in [0.15, 0.2) is 0 Å². The third-order valence-corrected chi connectivity index (χ3v) is 4.23. The predicted octanol–water partition coefficient (Wildman–Crippen LogP) is 2.29. The van der Waals surface area contributed by atoms with Crippen molar-refractivity contribution in [3.05, 3.63) is 0 Å².